The van der Waals surface area contributed by atoms with Crippen molar-refractivity contribution < 1.29 is 13.2 Å². The van der Waals surface area contributed by atoms with Gasteiger partial charge in [0.2, 0.25) is 0 Å². The minimum Gasteiger partial charge on any atom is -0.314 e. The van der Waals surface area contributed by atoms with Crippen molar-refractivity contribution >= 4 is 33.2 Å². The summed E-state index contributed by atoms with van der Waals surface area (Å²) in [5.74, 6) is 0. The highest BCUT2D eigenvalue weighted by molar-refractivity contribution is 7.90. The van der Waals surface area contributed by atoms with Crippen molar-refractivity contribution in [2.45, 2.75) is 4.90 Å². The number of aldehydes is 1. The van der Waals surface area contributed by atoms with Crippen molar-refractivity contribution in [3.8, 4) is 11.1 Å². The lowest BCUT2D eigenvalue weighted by Crippen LogP contribution is -2.01. The van der Waals surface area contributed by atoms with Gasteiger partial charge in [0, 0.05) is 34.1 Å². The molecular formula is C16H12ClNO3S. The van der Waals surface area contributed by atoms with E-state index in [0.29, 0.717) is 21.8 Å². The third kappa shape index (κ3) is 2.42. The summed E-state index contributed by atoms with van der Waals surface area (Å²) in [5, 5.41) is 0.412. The fraction of sp³-hybridized carbons (Fsp3) is 0.0625. The molecule has 0 saturated carbocycles. The lowest BCUT2D eigenvalue weighted by Gasteiger charge is -2.08. The number of nitrogens with zero attached hydrogens (tertiary/aromatic N) is 1. The lowest BCUT2D eigenvalue weighted by atomic mass is 10.1. The minimum atomic E-state index is -3.44. The first-order valence-corrected chi connectivity index (χ1v) is 8.74. The highest BCUT2D eigenvalue weighted by Gasteiger charge is 2.19. The molecule has 2 aromatic heterocycles. The van der Waals surface area contributed by atoms with Crippen LogP contribution in [0.15, 0.2) is 53.6 Å². The maximum atomic E-state index is 12.0. The van der Waals surface area contributed by atoms with Gasteiger partial charge in [0.1, 0.15) is 0 Å². The number of carbonyl (C=O) groups is 1. The summed E-state index contributed by atoms with van der Waals surface area (Å²) >= 11 is 6.02. The van der Waals surface area contributed by atoms with Gasteiger partial charge in [0.05, 0.1) is 10.6 Å². The Hall–Kier alpha value is -2.11. The van der Waals surface area contributed by atoms with Crippen LogP contribution in [0.1, 0.15) is 10.5 Å². The van der Waals surface area contributed by atoms with E-state index in [0.717, 1.165) is 18.1 Å². The molecule has 0 amide bonds. The fourth-order valence-electron chi connectivity index (χ4n) is 2.52. The summed E-state index contributed by atoms with van der Waals surface area (Å²) < 4.78 is 25.7. The molecular weight excluding hydrogens is 322 g/mol. The number of pyridine rings is 1. The van der Waals surface area contributed by atoms with Crippen LogP contribution in [0, 0.1) is 0 Å². The number of halogens is 1. The summed E-state index contributed by atoms with van der Waals surface area (Å²) in [5.41, 5.74) is 2.17. The van der Waals surface area contributed by atoms with Crippen molar-refractivity contribution in [2.75, 3.05) is 6.26 Å². The Kier molecular flexibility index (Phi) is 3.54. The summed E-state index contributed by atoms with van der Waals surface area (Å²) in [6.07, 6.45) is 3.61. The van der Waals surface area contributed by atoms with Gasteiger partial charge in [-0.05, 0) is 36.4 Å². The summed E-state index contributed by atoms with van der Waals surface area (Å²) in [7, 11) is -3.44. The Morgan fingerprint density at radius 2 is 1.86 bits per heavy atom. The molecule has 0 saturated heterocycles. The van der Waals surface area contributed by atoms with Crippen molar-refractivity contribution in [3.63, 3.8) is 0 Å². The monoisotopic (exact) mass is 333 g/mol. The Bertz CT molecular complexity index is 990. The first-order chi connectivity index (χ1) is 10.4. The number of fused-ring (bicyclic) bond motifs is 1. The van der Waals surface area contributed by atoms with Gasteiger partial charge in [-0.25, -0.2) is 8.42 Å². The topological polar surface area (TPSA) is 55.6 Å². The van der Waals surface area contributed by atoms with Crippen LogP contribution in [0.4, 0.5) is 0 Å². The number of carbonyl (C=O) groups excluding carboxylic acids is 1. The van der Waals surface area contributed by atoms with Gasteiger partial charge < -0.3 is 4.40 Å². The molecule has 3 aromatic rings. The summed E-state index contributed by atoms with van der Waals surface area (Å²) in [6.45, 7) is 0. The van der Waals surface area contributed by atoms with Crippen LogP contribution in [0.25, 0.3) is 16.6 Å². The molecule has 22 heavy (non-hydrogen) atoms. The first-order valence-electron chi connectivity index (χ1n) is 6.47. The average Bonchev–Trinajstić information content (AvgIpc) is 2.84. The largest absolute Gasteiger partial charge is 0.314 e. The molecule has 0 bridgehead atoms. The quantitative estimate of drug-likeness (QED) is 0.689. The predicted octanol–water partition coefficient (Wildman–Crippen LogP) is 3.48. The molecule has 0 spiro atoms. The zero-order valence-electron chi connectivity index (χ0n) is 11.7. The third-order valence-electron chi connectivity index (χ3n) is 3.46. The molecule has 0 unspecified atom stereocenters. The number of rotatable bonds is 3. The van der Waals surface area contributed by atoms with E-state index in [1.807, 2.05) is 12.1 Å². The van der Waals surface area contributed by atoms with Crippen molar-refractivity contribution in [2.24, 2.45) is 0 Å². The van der Waals surface area contributed by atoms with Gasteiger partial charge >= 0.3 is 0 Å². The van der Waals surface area contributed by atoms with E-state index in [1.165, 1.54) is 12.1 Å². The van der Waals surface area contributed by atoms with Crippen LogP contribution in [-0.2, 0) is 9.84 Å². The van der Waals surface area contributed by atoms with Gasteiger partial charge in [0.25, 0.3) is 0 Å². The SMILES string of the molecule is CS(=O)(=O)c1ccc(Cl)cc1-c1cc2ccccn2c1C=O. The normalized spacial score (nSPS) is 11.7. The Morgan fingerprint density at radius 3 is 2.55 bits per heavy atom. The Morgan fingerprint density at radius 1 is 1.09 bits per heavy atom. The Balaban J connectivity index is 2.42. The van der Waals surface area contributed by atoms with Crippen molar-refractivity contribution in [1.29, 1.82) is 0 Å². The maximum Gasteiger partial charge on any atom is 0.176 e. The third-order valence-corrected chi connectivity index (χ3v) is 4.85. The summed E-state index contributed by atoms with van der Waals surface area (Å²) in [4.78, 5) is 11.7. The second-order valence-electron chi connectivity index (χ2n) is 4.97. The van der Waals surface area contributed by atoms with Gasteiger partial charge in [-0.3, -0.25) is 4.79 Å². The lowest BCUT2D eigenvalue weighted by molar-refractivity contribution is 0.111. The van der Waals surface area contributed by atoms with E-state index in [1.54, 1.807) is 28.8 Å². The molecule has 0 fully saturated rings. The molecule has 1 aromatic carbocycles. The van der Waals surface area contributed by atoms with E-state index in [4.69, 9.17) is 11.6 Å². The molecule has 0 aliphatic heterocycles. The van der Waals surface area contributed by atoms with Crippen LogP contribution < -0.4 is 0 Å². The molecule has 112 valence electrons. The number of sulfone groups is 1. The van der Waals surface area contributed by atoms with Gasteiger partial charge in [-0.1, -0.05) is 17.7 Å². The highest BCUT2D eigenvalue weighted by atomic mass is 35.5. The molecule has 0 atom stereocenters. The number of benzene rings is 1. The van der Waals surface area contributed by atoms with Gasteiger partial charge in [-0.2, -0.15) is 0 Å². The van der Waals surface area contributed by atoms with Crippen LogP contribution in [0.3, 0.4) is 0 Å². The van der Waals surface area contributed by atoms with Crippen LogP contribution in [0.2, 0.25) is 5.02 Å². The second-order valence-corrected chi connectivity index (χ2v) is 7.39. The molecule has 0 radical (unpaired) electrons. The number of hydrogen-bond acceptors (Lipinski definition) is 3. The highest BCUT2D eigenvalue weighted by Crippen LogP contribution is 2.34. The number of hydrogen-bond donors (Lipinski definition) is 0. The van der Waals surface area contributed by atoms with Crippen molar-refractivity contribution in [1.82, 2.24) is 4.40 Å². The van der Waals surface area contributed by atoms with E-state index in [-0.39, 0.29) is 4.90 Å². The zero-order valence-corrected chi connectivity index (χ0v) is 13.2. The van der Waals surface area contributed by atoms with Crippen LogP contribution in [0.5, 0.6) is 0 Å². The Labute approximate surface area is 132 Å². The smallest absolute Gasteiger partial charge is 0.176 e. The molecule has 4 nitrogen and oxygen atoms in total. The molecule has 0 N–H and O–H groups in total. The maximum absolute atomic E-state index is 12.0. The molecule has 0 aliphatic rings. The molecule has 2 heterocycles. The van der Waals surface area contributed by atoms with Gasteiger partial charge in [-0.15, -0.1) is 0 Å². The van der Waals surface area contributed by atoms with E-state index < -0.39 is 9.84 Å². The predicted molar refractivity (Wildman–Crippen MR) is 86.3 cm³/mol. The van der Waals surface area contributed by atoms with Gasteiger partial charge in [0.15, 0.2) is 16.1 Å². The fourth-order valence-corrected chi connectivity index (χ4v) is 3.57. The zero-order chi connectivity index (χ0) is 15.9. The van der Waals surface area contributed by atoms with E-state index in [2.05, 4.69) is 0 Å². The van der Waals surface area contributed by atoms with E-state index >= 15 is 0 Å². The minimum absolute atomic E-state index is 0.149. The standard InChI is InChI=1S/C16H12ClNO3S/c1-22(20,21)16-6-5-11(17)8-14(16)13-9-12-4-2-3-7-18(12)15(13)10-19/h2-10H,1H3. The summed E-state index contributed by atoms with van der Waals surface area (Å²) in [6, 6.07) is 11.8. The molecule has 0 aliphatic carbocycles. The molecule has 3 rings (SSSR count). The van der Waals surface area contributed by atoms with E-state index in [9.17, 15) is 13.2 Å². The molecule has 6 heteroatoms. The first kappa shape index (κ1) is 14.8. The van der Waals surface area contributed by atoms with Crippen LogP contribution in [-0.4, -0.2) is 25.4 Å². The van der Waals surface area contributed by atoms with Crippen molar-refractivity contribution in [3.05, 3.63) is 59.4 Å². The van der Waals surface area contributed by atoms with Crippen LogP contribution >= 0.6 is 11.6 Å². The second kappa shape index (κ2) is 5.26. The number of aromatic nitrogens is 1. The average molecular weight is 334 g/mol.